The van der Waals surface area contributed by atoms with Crippen molar-refractivity contribution in [2.45, 2.75) is 26.4 Å². The number of Topliss-reactive ketones (excluding diaryl/α,β-unsaturated/α-hetero) is 1. The molecule has 1 aromatic heterocycles. The molecule has 4 nitrogen and oxygen atoms in total. The molecule has 0 bridgehead atoms. The number of anilines is 3. The minimum atomic E-state index is 0.0355. The van der Waals surface area contributed by atoms with Gasteiger partial charge in [0.2, 0.25) is 0 Å². The molecule has 0 fully saturated rings. The molecule has 3 rings (SSSR count). The maximum Gasteiger partial charge on any atom is 0.161 e. The fourth-order valence-electron chi connectivity index (χ4n) is 2.52. The van der Waals surface area contributed by atoms with Gasteiger partial charge in [-0.15, -0.1) is 0 Å². The highest BCUT2D eigenvalue weighted by molar-refractivity contribution is 5.96. The molecule has 0 saturated carbocycles. The summed E-state index contributed by atoms with van der Waals surface area (Å²) in [5.41, 5.74) is 2.67. The van der Waals surface area contributed by atoms with Crippen molar-refractivity contribution in [2.75, 3.05) is 10.2 Å². The maximum absolute atomic E-state index is 11.5. The molecule has 2 aromatic rings. The van der Waals surface area contributed by atoms with Crippen LogP contribution in [0, 0.1) is 0 Å². The van der Waals surface area contributed by atoms with Gasteiger partial charge in [0, 0.05) is 17.4 Å². The fourth-order valence-corrected chi connectivity index (χ4v) is 2.52. The van der Waals surface area contributed by atoms with E-state index in [2.05, 4.69) is 34.3 Å². The van der Waals surface area contributed by atoms with E-state index in [0.29, 0.717) is 5.56 Å². The third kappa shape index (κ3) is 2.03. The lowest BCUT2D eigenvalue weighted by Gasteiger charge is -2.25. The molecule has 0 amide bonds. The van der Waals surface area contributed by atoms with Gasteiger partial charge in [0.25, 0.3) is 0 Å². The molecule has 4 heteroatoms. The van der Waals surface area contributed by atoms with E-state index in [0.717, 1.165) is 23.6 Å². The Morgan fingerprint density at radius 2 is 2.10 bits per heavy atom. The van der Waals surface area contributed by atoms with Crippen molar-refractivity contribution in [2.24, 2.45) is 0 Å². The van der Waals surface area contributed by atoms with E-state index < -0.39 is 0 Å². The summed E-state index contributed by atoms with van der Waals surface area (Å²) < 4.78 is 0. The third-order valence-corrected chi connectivity index (χ3v) is 3.56. The molecule has 1 atom stereocenters. The third-order valence-electron chi connectivity index (χ3n) is 3.56. The van der Waals surface area contributed by atoms with Crippen LogP contribution < -0.4 is 10.2 Å². The molecule has 0 spiro atoms. The van der Waals surface area contributed by atoms with Gasteiger partial charge < -0.3 is 10.2 Å². The molecule has 2 heterocycles. The molecule has 20 heavy (non-hydrogen) atoms. The minimum absolute atomic E-state index is 0.0355. The van der Waals surface area contributed by atoms with Crippen molar-refractivity contribution in [3.63, 3.8) is 0 Å². The molecule has 0 aliphatic carbocycles. The zero-order valence-electron chi connectivity index (χ0n) is 11.6. The monoisotopic (exact) mass is 267 g/mol. The van der Waals surface area contributed by atoms with E-state index in [4.69, 9.17) is 0 Å². The average Bonchev–Trinajstić information content (AvgIpc) is 2.85. The van der Waals surface area contributed by atoms with Gasteiger partial charge in [0.05, 0.1) is 5.69 Å². The number of hydrogen-bond donors (Lipinski definition) is 1. The van der Waals surface area contributed by atoms with Crippen LogP contribution in [0.15, 0.2) is 42.6 Å². The van der Waals surface area contributed by atoms with Crippen LogP contribution in [0.3, 0.4) is 0 Å². The molecule has 1 aliphatic rings. The zero-order chi connectivity index (χ0) is 14.1. The van der Waals surface area contributed by atoms with Crippen LogP contribution >= 0.6 is 0 Å². The Balaban J connectivity index is 2.06. The summed E-state index contributed by atoms with van der Waals surface area (Å²) in [5.74, 6) is 0.918. The number of ketones is 1. The lowest BCUT2D eigenvalue weighted by atomic mass is 10.2. The molecular weight excluding hydrogens is 250 g/mol. The lowest BCUT2D eigenvalue weighted by molar-refractivity contribution is 0.101. The Bertz CT molecular complexity index is 639. The topological polar surface area (TPSA) is 45.2 Å². The van der Waals surface area contributed by atoms with E-state index in [1.54, 1.807) is 13.1 Å². The standard InChI is InChI=1S/C16H17N3O/c1-3-15-18-14-9-12(11(2)20)10-17-16(14)19(15)13-7-5-4-6-8-13/h4-10,15,18H,3H2,1-2H3. The highest BCUT2D eigenvalue weighted by atomic mass is 16.1. The van der Waals surface area contributed by atoms with Gasteiger partial charge in [-0.2, -0.15) is 0 Å². The smallest absolute Gasteiger partial charge is 0.161 e. The molecular formula is C16H17N3O. The predicted octanol–water partition coefficient (Wildman–Crippen LogP) is 3.58. The van der Waals surface area contributed by atoms with Crippen molar-refractivity contribution in [3.8, 4) is 0 Å². The van der Waals surface area contributed by atoms with Crippen molar-refractivity contribution in [3.05, 3.63) is 48.2 Å². The Hall–Kier alpha value is -2.36. The van der Waals surface area contributed by atoms with Crippen LogP contribution in [0.5, 0.6) is 0 Å². The van der Waals surface area contributed by atoms with Gasteiger partial charge in [0.15, 0.2) is 11.6 Å². The number of aromatic nitrogens is 1. The van der Waals surface area contributed by atoms with Crippen molar-refractivity contribution < 1.29 is 4.79 Å². The number of pyridine rings is 1. The molecule has 102 valence electrons. The average molecular weight is 267 g/mol. The van der Waals surface area contributed by atoms with E-state index in [1.807, 2.05) is 24.3 Å². The van der Waals surface area contributed by atoms with Gasteiger partial charge in [0.1, 0.15) is 6.17 Å². The first-order valence-corrected chi connectivity index (χ1v) is 6.82. The quantitative estimate of drug-likeness (QED) is 0.863. The molecule has 1 unspecified atom stereocenters. The number of rotatable bonds is 3. The molecule has 0 radical (unpaired) electrons. The molecule has 0 saturated heterocycles. The first-order chi connectivity index (χ1) is 9.70. The summed E-state index contributed by atoms with van der Waals surface area (Å²) in [6.45, 7) is 3.69. The summed E-state index contributed by atoms with van der Waals surface area (Å²) in [4.78, 5) is 18.1. The Kier molecular flexibility index (Phi) is 3.14. The predicted molar refractivity (Wildman–Crippen MR) is 80.5 cm³/mol. The van der Waals surface area contributed by atoms with Crippen LogP contribution in [-0.2, 0) is 0 Å². The highest BCUT2D eigenvalue weighted by Gasteiger charge is 2.30. The number of para-hydroxylation sites is 1. The van der Waals surface area contributed by atoms with Crippen LogP contribution in [0.1, 0.15) is 30.6 Å². The van der Waals surface area contributed by atoms with Crippen molar-refractivity contribution in [1.82, 2.24) is 4.98 Å². The second kappa shape index (κ2) is 4.96. The van der Waals surface area contributed by atoms with Gasteiger partial charge in [-0.1, -0.05) is 25.1 Å². The zero-order valence-corrected chi connectivity index (χ0v) is 11.6. The Morgan fingerprint density at radius 1 is 1.35 bits per heavy atom. The van der Waals surface area contributed by atoms with Gasteiger partial charge in [-0.3, -0.25) is 4.79 Å². The Morgan fingerprint density at radius 3 is 2.75 bits per heavy atom. The summed E-state index contributed by atoms with van der Waals surface area (Å²) in [7, 11) is 0. The minimum Gasteiger partial charge on any atom is -0.362 e. The number of fused-ring (bicyclic) bond motifs is 1. The van der Waals surface area contributed by atoms with E-state index in [9.17, 15) is 4.79 Å². The number of carbonyl (C=O) groups is 1. The summed E-state index contributed by atoms with van der Waals surface area (Å²) >= 11 is 0. The molecule has 1 aromatic carbocycles. The number of nitrogens with zero attached hydrogens (tertiary/aromatic N) is 2. The van der Waals surface area contributed by atoms with Gasteiger partial charge in [-0.25, -0.2) is 4.98 Å². The second-order valence-corrected chi connectivity index (χ2v) is 4.93. The number of benzene rings is 1. The van der Waals surface area contributed by atoms with E-state index in [-0.39, 0.29) is 11.9 Å². The highest BCUT2D eigenvalue weighted by Crippen LogP contribution is 2.39. The summed E-state index contributed by atoms with van der Waals surface area (Å²) in [6.07, 6.45) is 2.76. The fraction of sp³-hybridized carbons (Fsp3) is 0.250. The van der Waals surface area contributed by atoms with Crippen LogP contribution in [0.2, 0.25) is 0 Å². The first-order valence-electron chi connectivity index (χ1n) is 6.82. The van der Waals surface area contributed by atoms with Crippen molar-refractivity contribution >= 4 is 23.0 Å². The second-order valence-electron chi connectivity index (χ2n) is 4.93. The SMILES string of the molecule is CCC1Nc2cc(C(C)=O)cnc2N1c1ccccc1. The number of hydrogen-bond acceptors (Lipinski definition) is 4. The Labute approximate surface area is 118 Å². The molecule has 1 aliphatic heterocycles. The van der Waals surface area contributed by atoms with Crippen molar-refractivity contribution in [1.29, 1.82) is 0 Å². The molecule has 1 N–H and O–H groups in total. The number of nitrogens with one attached hydrogen (secondary N) is 1. The summed E-state index contributed by atoms with van der Waals surface area (Å²) in [5, 5.41) is 3.44. The largest absolute Gasteiger partial charge is 0.362 e. The first kappa shape index (κ1) is 12.7. The van der Waals surface area contributed by atoms with Gasteiger partial charge >= 0.3 is 0 Å². The van der Waals surface area contributed by atoms with Crippen LogP contribution in [0.25, 0.3) is 0 Å². The maximum atomic E-state index is 11.5. The van der Waals surface area contributed by atoms with Crippen LogP contribution in [-0.4, -0.2) is 16.9 Å². The lowest BCUT2D eigenvalue weighted by Crippen LogP contribution is -2.31. The van der Waals surface area contributed by atoms with E-state index >= 15 is 0 Å². The normalized spacial score (nSPS) is 16.7. The van der Waals surface area contributed by atoms with Crippen LogP contribution in [0.4, 0.5) is 17.2 Å². The van der Waals surface area contributed by atoms with Gasteiger partial charge in [-0.05, 0) is 31.5 Å². The van der Waals surface area contributed by atoms with E-state index in [1.165, 1.54) is 0 Å². The number of carbonyl (C=O) groups excluding carboxylic acids is 1. The summed E-state index contributed by atoms with van der Waals surface area (Å²) in [6, 6.07) is 12.1.